The summed E-state index contributed by atoms with van der Waals surface area (Å²) in [4.78, 5) is 8.91. The third-order valence-corrected chi connectivity index (χ3v) is 9.61. The first-order valence-electron chi connectivity index (χ1n) is 14.5. The van der Waals surface area contributed by atoms with Gasteiger partial charge in [-0.05, 0) is 72.5 Å². The Morgan fingerprint density at radius 2 is 1.45 bits per heavy atom. The van der Waals surface area contributed by atoms with Crippen LogP contribution in [0.15, 0.2) is 130 Å². The van der Waals surface area contributed by atoms with Crippen molar-refractivity contribution in [1.29, 1.82) is 0 Å². The topological polar surface area (TPSA) is 179 Å². The van der Waals surface area contributed by atoms with Crippen LogP contribution in [0.2, 0.25) is 0 Å². The zero-order valence-corrected chi connectivity index (χ0v) is 29.8. The number of nitrogen functional groups attached to an aromatic ring is 1. The fourth-order valence-corrected chi connectivity index (χ4v) is 7.21. The van der Waals surface area contributed by atoms with Crippen LogP contribution >= 0.6 is 0 Å². The molecule has 240 valence electrons. The van der Waals surface area contributed by atoms with Crippen LogP contribution in [0.1, 0.15) is 5.56 Å². The molecule has 0 bridgehead atoms. The van der Waals surface area contributed by atoms with Gasteiger partial charge in [-0.25, -0.2) is 9.98 Å². The molecule has 4 N–H and O–H groups in total. The van der Waals surface area contributed by atoms with Gasteiger partial charge in [-0.15, -0.1) is 11.4 Å². The van der Waals surface area contributed by atoms with Gasteiger partial charge < -0.3 is 15.6 Å². The zero-order chi connectivity index (χ0) is 33.8. The van der Waals surface area contributed by atoms with Crippen molar-refractivity contribution in [2.45, 2.75) is 16.7 Å². The molecule has 5 aromatic carbocycles. The summed E-state index contributed by atoms with van der Waals surface area (Å²) >= 11 is 0. The standard InChI is InChI=1S/C35H26N5O6S2.Na/c1-21-17-24(38-27-16-15-22(36)18-32(27)48(44,45)46)19-29-34(21)39-35-26-13-8-14-31(47(41,42)43)33(26)28(37-23-9-4-2-5-10-23)20-30(35)40(29)25-11-6-3-7-12-25;/h2-20H,36H2,1H3,(H,41,42,43)(H,44,45,46);/q-1;+1. The molecule has 0 radical (unpaired) electrons. The first-order chi connectivity index (χ1) is 22.9. The largest absolute Gasteiger partial charge is 1.00 e. The summed E-state index contributed by atoms with van der Waals surface area (Å²) in [7, 11) is -9.29. The average Bonchev–Trinajstić information content (AvgIpc) is 3.04. The van der Waals surface area contributed by atoms with E-state index in [0.29, 0.717) is 50.1 Å². The molecule has 0 saturated carbocycles. The Kier molecular flexibility index (Phi) is 9.11. The molecule has 5 aromatic rings. The van der Waals surface area contributed by atoms with Gasteiger partial charge in [0.2, 0.25) is 0 Å². The van der Waals surface area contributed by atoms with E-state index in [1.54, 1.807) is 42.5 Å². The summed E-state index contributed by atoms with van der Waals surface area (Å²) in [5.41, 5.74) is 10.4. The van der Waals surface area contributed by atoms with Gasteiger partial charge in [0.25, 0.3) is 20.2 Å². The number of nitrogens with zero attached hydrogens (tertiary/aromatic N) is 4. The molecule has 7 rings (SSSR count). The number of nitrogens with two attached hydrogens (primary N) is 1. The Bertz CT molecular complexity index is 2670. The van der Waals surface area contributed by atoms with Crippen LogP contribution in [0, 0.1) is 6.92 Å². The summed E-state index contributed by atoms with van der Waals surface area (Å²) in [6.45, 7) is 1.83. The molecular formula is C35H26N5NaO6S2. The summed E-state index contributed by atoms with van der Waals surface area (Å²) in [5.74, 6) is 0. The van der Waals surface area contributed by atoms with Crippen molar-refractivity contribution in [2.75, 3.05) is 5.73 Å². The SMILES string of the molecule is Cc1cc(=Nc2ccc(N)cc2S(=O)(=O)O)cc2n(-c3ccccc3)c3cc([N-]c4ccccc4)c4c(S(=O)(=O)O)cccc4c3nc1-2.[Na+]. The van der Waals surface area contributed by atoms with Gasteiger partial charge in [0, 0.05) is 16.8 Å². The maximum Gasteiger partial charge on any atom is 1.00 e. The van der Waals surface area contributed by atoms with Gasteiger partial charge in [0.1, 0.15) is 9.79 Å². The van der Waals surface area contributed by atoms with Crippen LogP contribution in [0.25, 0.3) is 44.2 Å². The number of para-hydroxylation sites is 2. The van der Waals surface area contributed by atoms with Gasteiger partial charge in [-0.2, -0.15) is 16.8 Å². The first kappa shape index (κ1) is 34.3. The minimum atomic E-state index is -4.65. The minimum Gasteiger partial charge on any atom is -0.657 e. The van der Waals surface area contributed by atoms with Crippen molar-refractivity contribution >= 4 is 64.8 Å². The summed E-state index contributed by atoms with van der Waals surface area (Å²) < 4.78 is 71.8. The van der Waals surface area contributed by atoms with E-state index < -0.39 is 25.1 Å². The van der Waals surface area contributed by atoms with Crippen LogP contribution < -0.4 is 40.6 Å². The first-order valence-corrected chi connectivity index (χ1v) is 17.4. The second kappa shape index (κ2) is 13.0. The second-order valence-corrected chi connectivity index (χ2v) is 13.9. The Balaban J connectivity index is 0.00000417. The Morgan fingerprint density at radius 3 is 2.12 bits per heavy atom. The molecule has 1 aliphatic carbocycles. The van der Waals surface area contributed by atoms with Gasteiger partial charge >= 0.3 is 29.6 Å². The van der Waals surface area contributed by atoms with Crippen LogP contribution in [0.5, 0.6) is 0 Å². The van der Waals surface area contributed by atoms with Crippen molar-refractivity contribution in [2.24, 2.45) is 4.99 Å². The zero-order valence-electron chi connectivity index (χ0n) is 26.2. The van der Waals surface area contributed by atoms with Crippen molar-refractivity contribution in [1.82, 2.24) is 9.55 Å². The van der Waals surface area contributed by atoms with E-state index >= 15 is 0 Å². The number of rotatable bonds is 6. The number of hydrogen-bond acceptors (Lipinski definition) is 7. The number of fused-ring (bicyclic) bond motifs is 4. The maximum absolute atomic E-state index is 12.7. The summed E-state index contributed by atoms with van der Waals surface area (Å²) in [5, 5.41) is 5.86. The van der Waals surface area contributed by atoms with Gasteiger partial charge in [0.05, 0.1) is 33.5 Å². The normalized spacial score (nSPS) is 12.3. The van der Waals surface area contributed by atoms with Crippen molar-refractivity contribution in [3.05, 3.63) is 131 Å². The number of hydrogen-bond donors (Lipinski definition) is 3. The molecule has 1 heterocycles. The number of anilines is 1. The predicted molar refractivity (Wildman–Crippen MR) is 185 cm³/mol. The summed E-state index contributed by atoms with van der Waals surface area (Å²) in [6, 6.07) is 32.3. The third-order valence-electron chi connectivity index (χ3n) is 7.83. The quantitative estimate of drug-likeness (QED) is 0.0758. The molecule has 2 aliphatic rings. The Morgan fingerprint density at radius 1 is 0.776 bits per heavy atom. The molecule has 0 atom stereocenters. The molecule has 0 unspecified atom stereocenters. The predicted octanol–water partition coefficient (Wildman–Crippen LogP) is 4.24. The monoisotopic (exact) mass is 699 g/mol. The molecule has 0 aromatic heterocycles. The maximum atomic E-state index is 12.7. The Labute approximate surface area is 303 Å². The number of aryl methyl sites for hydroxylation is 1. The van der Waals surface area contributed by atoms with Crippen LogP contribution in [0.4, 0.5) is 22.7 Å². The Hall–Kier alpha value is -4.60. The van der Waals surface area contributed by atoms with Crippen LogP contribution in [-0.4, -0.2) is 35.5 Å². The van der Waals surface area contributed by atoms with Crippen molar-refractivity contribution in [3.8, 4) is 17.1 Å². The molecule has 14 heteroatoms. The average molecular weight is 700 g/mol. The van der Waals surface area contributed by atoms with Gasteiger partial charge in [-0.3, -0.25) is 9.11 Å². The molecule has 0 fully saturated rings. The number of benzene rings is 6. The van der Waals surface area contributed by atoms with E-state index in [-0.39, 0.29) is 51.2 Å². The number of aromatic nitrogens is 2. The molecular weight excluding hydrogens is 674 g/mol. The minimum absolute atomic E-state index is 0. The summed E-state index contributed by atoms with van der Waals surface area (Å²) in [6.07, 6.45) is 0. The smallest absolute Gasteiger partial charge is 0.657 e. The molecule has 49 heavy (non-hydrogen) atoms. The third kappa shape index (κ3) is 6.57. The molecule has 1 aliphatic heterocycles. The molecule has 11 nitrogen and oxygen atoms in total. The van der Waals surface area contributed by atoms with E-state index in [4.69, 9.17) is 16.0 Å². The molecule has 0 amide bonds. The fraction of sp³-hybridized carbons (Fsp3) is 0.0286. The van der Waals surface area contributed by atoms with Crippen LogP contribution in [0.3, 0.4) is 0 Å². The second-order valence-electron chi connectivity index (χ2n) is 11.1. The van der Waals surface area contributed by atoms with E-state index in [1.165, 1.54) is 18.2 Å². The van der Waals surface area contributed by atoms with E-state index in [0.717, 1.165) is 11.8 Å². The van der Waals surface area contributed by atoms with E-state index in [1.807, 2.05) is 60.0 Å². The molecule has 0 spiro atoms. The molecule has 0 saturated heterocycles. The van der Waals surface area contributed by atoms with E-state index in [2.05, 4.69) is 4.99 Å². The fourth-order valence-electron chi connectivity index (χ4n) is 5.82. The van der Waals surface area contributed by atoms with E-state index in [9.17, 15) is 25.9 Å². The van der Waals surface area contributed by atoms with Crippen LogP contribution in [-0.2, 0) is 20.2 Å². The van der Waals surface area contributed by atoms with Gasteiger partial charge in [0.15, 0.2) is 0 Å². The van der Waals surface area contributed by atoms with Crippen molar-refractivity contribution < 1.29 is 55.5 Å². The van der Waals surface area contributed by atoms with Crippen molar-refractivity contribution in [3.63, 3.8) is 0 Å². The van der Waals surface area contributed by atoms with Gasteiger partial charge in [-0.1, -0.05) is 60.7 Å².